The topological polar surface area (TPSA) is 62.5 Å². The lowest BCUT2D eigenvalue weighted by Crippen LogP contribution is -2.43. The lowest BCUT2D eigenvalue weighted by Gasteiger charge is -2.33. The van der Waals surface area contributed by atoms with Gasteiger partial charge in [-0.1, -0.05) is 53.5 Å². The number of hydrogen-bond acceptors (Lipinski definition) is 4. The van der Waals surface area contributed by atoms with E-state index in [-0.39, 0.29) is 11.9 Å². The zero-order valence-corrected chi connectivity index (χ0v) is 19.9. The van der Waals surface area contributed by atoms with Crippen LogP contribution in [0.4, 0.5) is 5.82 Å². The average molecular weight is 490 g/mol. The van der Waals surface area contributed by atoms with Gasteiger partial charge in [0.25, 0.3) is 0 Å². The highest BCUT2D eigenvalue weighted by Gasteiger charge is 2.24. The van der Waals surface area contributed by atoms with Gasteiger partial charge in [-0.15, -0.1) is 0 Å². The fourth-order valence-corrected chi connectivity index (χ4v) is 4.75. The summed E-state index contributed by atoms with van der Waals surface area (Å²) in [5.74, 6) is 0.910. The van der Waals surface area contributed by atoms with Crippen molar-refractivity contribution in [3.05, 3.63) is 76.4 Å². The number of nitrogens with zero attached hydrogens (tertiary/aromatic N) is 4. The Morgan fingerprint density at radius 2 is 1.88 bits per heavy atom. The van der Waals surface area contributed by atoms with Gasteiger partial charge < -0.3 is 10.2 Å². The molecule has 0 unspecified atom stereocenters. The lowest BCUT2D eigenvalue weighted by molar-refractivity contribution is -0.131. The van der Waals surface area contributed by atoms with Gasteiger partial charge in [-0.25, -0.2) is 4.98 Å². The van der Waals surface area contributed by atoms with Crippen molar-refractivity contribution in [1.82, 2.24) is 19.5 Å². The van der Waals surface area contributed by atoms with Crippen LogP contribution < -0.4 is 10.8 Å². The Bertz CT molecular complexity index is 1350. The normalized spacial score (nSPS) is 14.5. The van der Waals surface area contributed by atoms with E-state index in [0.717, 1.165) is 35.5 Å². The van der Waals surface area contributed by atoms with Crippen molar-refractivity contribution in [3.63, 3.8) is 0 Å². The van der Waals surface area contributed by atoms with Gasteiger partial charge in [0.1, 0.15) is 13.7 Å². The first-order chi connectivity index (χ1) is 16.5. The third kappa shape index (κ3) is 4.77. The molecule has 0 aliphatic carbocycles. The van der Waals surface area contributed by atoms with Gasteiger partial charge in [0.15, 0.2) is 5.65 Å². The molecule has 6 nitrogen and oxygen atoms in total. The maximum atomic E-state index is 12.8. The van der Waals surface area contributed by atoms with Crippen molar-refractivity contribution in [2.75, 3.05) is 18.4 Å². The molecule has 9 heteroatoms. The summed E-state index contributed by atoms with van der Waals surface area (Å²) in [5, 5.41) is 9.25. The first-order valence-electron chi connectivity index (χ1n) is 11.2. The van der Waals surface area contributed by atoms with Gasteiger partial charge in [0.05, 0.1) is 12.1 Å². The molecule has 0 spiro atoms. The van der Waals surface area contributed by atoms with Gasteiger partial charge in [0, 0.05) is 47.0 Å². The van der Waals surface area contributed by atoms with E-state index in [4.69, 9.17) is 31.0 Å². The van der Waals surface area contributed by atoms with Crippen molar-refractivity contribution >= 4 is 53.9 Å². The highest BCUT2D eigenvalue weighted by molar-refractivity contribution is 6.36. The van der Waals surface area contributed by atoms with Gasteiger partial charge >= 0.3 is 0 Å². The molecule has 4 aromatic rings. The minimum absolute atomic E-state index is 0.118. The minimum Gasteiger partial charge on any atom is -0.367 e. The quantitative estimate of drug-likeness (QED) is 0.428. The largest absolute Gasteiger partial charge is 0.367 e. The van der Waals surface area contributed by atoms with Gasteiger partial charge in [-0.3, -0.25) is 4.79 Å². The van der Waals surface area contributed by atoms with E-state index in [1.54, 1.807) is 10.7 Å². The Hall–Kier alpha value is -3.03. The number of piperidine rings is 1. The number of fused-ring (bicyclic) bond motifs is 1. The molecule has 1 saturated heterocycles. The number of benzene rings is 2. The van der Waals surface area contributed by atoms with Crippen LogP contribution in [0.3, 0.4) is 0 Å². The number of likely N-dealkylation sites (tertiary alicyclic amines) is 1. The molecule has 2 aromatic carbocycles. The Morgan fingerprint density at radius 3 is 2.65 bits per heavy atom. The van der Waals surface area contributed by atoms with Crippen molar-refractivity contribution in [1.29, 1.82) is 0 Å². The second-order valence-corrected chi connectivity index (χ2v) is 9.29. The van der Waals surface area contributed by atoms with E-state index >= 15 is 0 Å². The predicted octanol–water partition coefficient (Wildman–Crippen LogP) is 4.14. The number of rotatable bonds is 5. The minimum atomic E-state index is 0.118. The predicted molar refractivity (Wildman–Crippen MR) is 137 cm³/mol. The van der Waals surface area contributed by atoms with Crippen LogP contribution in [0.15, 0.2) is 60.8 Å². The molecule has 34 heavy (non-hydrogen) atoms. The van der Waals surface area contributed by atoms with E-state index in [9.17, 15) is 4.79 Å². The molecule has 0 saturated carbocycles. The monoisotopic (exact) mass is 489 g/mol. The smallest absolute Gasteiger partial charge is 0.226 e. The van der Waals surface area contributed by atoms with Crippen LogP contribution in [0.25, 0.3) is 16.9 Å². The summed E-state index contributed by atoms with van der Waals surface area (Å²) in [5.41, 5.74) is 3.56. The van der Waals surface area contributed by atoms with Crippen molar-refractivity contribution in [2.45, 2.75) is 25.3 Å². The summed E-state index contributed by atoms with van der Waals surface area (Å²) in [6, 6.07) is 17.2. The van der Waals surface area contributed by atoms with Crippen LogP contribution in [-0.4, -0.2) is 52.4 Å². The van der Waals surface area contributed by atoms with Crippen molar-refractivity contribution in [3.8, 4) is 11.3 Å². The first kappa shape index (κ1) is 22.8. The summed E-state index contributed by atoms with van der Waals surface area (Å²) in [4.78, 5) is 19.4. The molecule has 1 aliphatic rings. The summed E-state index contributed by atoms with van der Waals surface area (Å²) < 4.78 is 1.71. The van der Waals surface area contributed by atoms with Gasteiger partial charge in [-0.2, -0.15) is 9.61 Å². The lowest BCUT2D eigenvalue weighted by atomic mass is 10.0. The van der Waals surface area contributed by atoms with Crippen LogP contribution in [-0.2, 0) is 11.2 Å². The SMILES string of the molecule is [B]c1cnn2c(NC3CCN(C(=O)Cc4cccc(Cl)c4)CC3)cc(-c3ccccc3Cl)nc12. The molecule has 1 aliphatic heterocycles. The highest BCUT2D eigenvalue weighted by Crippen LogP contribution is 2.29. The molecule has 1 amide bonds. The fraction of sp³-hybridized carbons (Fsp3) is 0.240. The molecule has 0 bridgehead atoms. The molecule has 3 heterocycles. The first-order valence-corrected chi connectivity index (χ1v) is 11.9. The Balaban J connectivity index is 1.30. The molecular weight excluding hydrogens is 468 g/mol. The standard InChI is InChI=1S/C25H22BCl2N5O/c26-20-15-29-33-23(14-22(31-25(20)33)19-6-1-2-7-21(19)28)30-18-8-10-32(11-9-18)24(34)13-16-4-3-5-17(27)12-16/h1-7,12,14-15,18,30H,8-11,13H2. The number of aromatic nitrogens is 3. The summed E-state index contributed by atoms with van der Waals surface area (Å²) in [7, 11) is 6.13. The fourth-order valence-electron chi connectivity index (χ4n) is 4.31. The molecular formula is C25H22BCl2N5O. The number of halogens is 2. The highest BCUT2D eigenvalue weighted by atomic mass is 35.5. The van der Waals surface area contributed by atoms with Crippen molar-refractivity contribution < 1.29 is 4.79 Å². The van der Waals surface area contributed by atoms with E-state index in [2.05, 4.69) is 15.4 Å². The number of carbonyl (C=O) groups excluding carboxylic acids is 1. The van der Waals surface area contributed by atoms with Crippen LogP contribution in [0.5, 0.6) is 0 Å². The summed E-state index contributed by atoms with van der Waals surface area (Å²) in [6.07, 6.45) is 3.60. The Kier molecular flexibility index (Phi) is 6.48. The van der Waals surface area contributed by atoms with E-state index in [1.807, 2.05) is 59.5 Å². The molecule has 5 rings (SSSR count). The number of carbonyl (C=O) groups is 1. The van der Waals surface area contributed by atoms with Crippen LogP contribution in [0, 0.1) is 0 Å². The maximum absolute atomic E-state index is 12.8. The zero-order chi connectivity index (χ0) is 23.7. The van der Waals surface area contributed by atoms with Crippen LogP contribution in [0.2, 0.25) is 10.0 Å². The molecule has 1 N–H and O–H groups in total. The Morgan fingerprint density at radius 1 is 1.09 bits per heavy atom. The van der Waals surface area contributed by atoms with E-state index < -0.39 is 0 Å². The average Bonchev–Trinajstić information content (AvgIpc) is 3.21. The molecule has 2 radical (unpaired) electrons. The van der Waals surface area contributed by atoms with Gasteiger partial charge in [-0.05, 0) is 42.1 Å². The van der Waals surface area contributed by atoms with E-state index in [0.29, 0.717) is 40.7 Å². The molecule has 1 fully saturated rings. The second kappa shape index (κ2) is 9.68. The van der Waals surface area contributed by atoms with Crippen LogP contribution >= 0.6 is 23.2 Å². The van der Waals surface area contributed by atoms with Gasteiger partial charge in [0.2, 0.25) is 5.91 Å². The summed E-state index contributed by atoms with van der Waals surface area (Å²) >= 11 is 12.5. The molecule has 0 atom stereocenters. The van der Waals surface area contributed by atoms with Crippen molar-refractivity contribution in [2.24, 2.45) is 0 Å². The number of anilines is 1. The zero-order valence-electron chi connectivity index (χ0n) is 18.4. The second-order valence-electron chi connectivity index (χ2n) is 8.45. The molecule has 2 aromatic heterocycles. The third-order valence-corrected chi connectivity index (χ3v) is 6.66. The maximum Gasteiger partial charge on any atom is 0.226 e. The number of amides is 1. The number of hydrogen-bond donors (Lipinski definition) is 1. The summed E-state index contributed by atoms with van der Waals surface area (Å²) in [6.45, 7) is 1.37. The molecule has 170 valence electrons. The van der Waals surface area contributed by atoms with E-state index in [1.165, 1.54) is 0 Å². The Labute approximate surface area is 209 Å². The number of nitrogens with one attached hydrogen (secondary N) is 1. The van der Waals surface area contributed by atoms with Crippen LogP contribution in [0.1, 0.15) is 18.4 Å². The third-order valence-electron chi connectivity index (χ3n) is 6.09.